The molecule has 2 aliphatic heterocycles. The molecule has 1 atom stereocenters. The zero-order valence-corrected chi connectivity index (χ0v) is 20.6. The van der Waals surface area contributed by atoms with Gasteiger partial charge in [-0.05, 0) is 49.5 Å². The Hall–Kier alpha value is -2.95. The van der Waals surface area contributed by atoms with Gasteiger partial charge in [0.1, 0.15) is 16.9 Å². The number of benzene rings is 2. The fraction of sp³-hybridized carbons (Fsp3) is 0.385. The van der Waals surface area contributed by atoms with Gasteiger partial charge in [0.05, 0.1) is 5.41 Å². The van der Waals surface area contributed by atoms with Crippen molar-refractivity contribution in [1.82, 2.24) is 9.62 Å². The predicted molar refractivity (Wildman–Crippen MR) is 132 cm³/mol. The summed E-state index contributed by atoms with van der Waals surface area (Å²) >= 11 is 0. The fourth-order valence-corrected chi connectivity index (χ4v) is 7.03. The van der Waals surface area contributed by atoms with E-state index in [1.807, 2.05) is 6.07 Å². The molecule has 2 saturated heterocycles. The number of sulfonamides is 1. The van der Waals surface area contributed by atoms with Gasteiger partial charge in [-0.2, -0.15) is 4.31 Å². The van der Waals surface area contributed by atoms with Crippen molar-refractivity contribution in [3.05, 3.63) is 83.1 Å². The van der Waals surface area contributed by atoms with E-state index in [1.165, 1.54) is 16.6 Å². The summed E-state index contributed by atoms with van der Waals surface area (Å²) < 4.78 is 64.0. The molecule has 0 aromatic heterocycles. The van der Waals surface area contributed by atoms with E-state index in [0.29, 0.717) is 18.4 Å². The standard InChI is InChI=1S/C26H29F2N3O4S/c27-22-17-21(26(9-14-35-15-10-26)25(32)30-12-5-11-29)23(28)16-20(22)18-31-13-4-8-24(36(31,33)34)19-6-2-1-3-7-19/h1-3,5-7,11-12,16-17,24,29H,4,8-10,13-15,18H2,(H,30,32)/b12-5-,29-11?/t24-/m1/s1. The maximum Gasteiger partial charge on any atom is 0.234 e. The summed E-state index contributed by atoms with van der Waals surface area (Å²) in [4.78, 5) is 13.0. The number of carbonyl (C=O) groups is 1. The first-order valence-corrected chi connectivity index (χ1v) is 13.4. The van der Waals surface area contributed by atoms with Gasteiger partial charge in [0.15, 0.2) is 0 Å². The molecule has 2 N–H and O–H groups in total. The molecule has 4 rings (SSSR count). The summed E-state index contributed by atoms with van der Waals surface area (Å²) in [6.45, 7) is 0.339. The maximum atomic E-state index is 15.5. The smallest absolute Gasteiger partial charge is 0.234 e. The van der Waals surface area contributed by atoms with Crippen LogP contribution in [0.4, 0.5) is 8.78 Å². The van der Waals surface area contributed by atoms with Crippen LogP contribution in [-0.2, 0) is 31.5 Å². The summed E-state index contributed by atoms with van der Waals surface area (Å²) in [6, 6.07) is 10.9. The van der Waals surface area contributed by atoms with Crippen molar-refractivity contribution in [1.29, 1.82) is 5.41 Å². The number of nitrogens with zero attached hydrogens (tertiary/aromatic N) is 1. The van der Waals surface area contributed by atoms with E-state index in [-0.39, 0.29) is 50.3 Å². The number of allylic oxidation sites excluding steroid dienone is 1. The first-order chi connectivity index (χ1) is 17.3. The highest BCUT2D eigenvalue weighted by molar-refractivity contribution is 7.89. The molecule has 0 aliphatic carbocycles. The van der Waals surface area contributed by atoms with Crippen LogP contribution in [0.2, 0.25) is 0 Å². The highest BCUT2D eigenvalue weighted by atomic mass is 32.2. The van der Waals surface area contributed by atoms with Gasteiger partial charge in [-0.1, -0.05) is 30.3 Å². The lowest BCUT2D eigenvalue weighted by Gasteiger charge is -2.36. The number of ether oxygens (including phenoxy) is 1. The quantitative estimate of drug-likeness (QED) is 0.543. The van der Waals surface area contributed by atoms with E-state index >= 15 is 8.78 Å². The highest BCUT2D eigenvalue weighted by Gasteiger charge is 2.44. The molecule has 2 heterocycles. The Morgan fingerprint density at radius 3 is 2.58 bits per heavy atom. The van der Waals surface area contributed by atoms with E-state index in [4.69, 9.17) is 10.1 Å². The third-order valence-electron chi connectivity index (χ3n) is 6.95. The van der Waals surface area contributed by atoms with E-state index in [1.54, 1.807) is 24.3 Å². The van der Waals surface area contributed by atoms with Crippen LogP contribution in [0.25, 0.3) is 0 Å². The van der Waals surface area contributed by atoms with Crippen LogP contribution in [0.1, 0.15) is 47.6 Å². The van der Waals surface area contributed by atoms with Crippen molar-refractivity contribution in [2.24, 2.45) is 0 Å². The first-order valence-electron chi connectivity index (χ1n) is 11.9. The normalized spacial score (nSPS) is 21.8. The average molecular weight is 518 g/mol. The molecule has 0 unspecified atom stereocenters. The van der Waals surface area contributed by atoms with Crippen molar-refractivity contribution in [2.45, 2.75) is 42.9 Å². The van der Waals surface area contributed by atoms with Gasteiger partial charge in [0.25, 0.3) is 0 Å². The van der Waals surface area contributed by atoms with Gasteiger partial charge in [0.2, 0.25) is 15.9 Å². The summed E-state index contributed by atoms with van der Waals surface area (Å²) in [7, 11) is -3.78. The molecule has 0 bridgehead atoms. The second kappa shape index (κ2) is 11.0. The van der Waals surface area contributed by atoms with Gasteiger partial charge in [-0.25, -0.2) is 17.2 Å². The van der Waals surface area contributed by atoms with Crippen molar-refractivity contribution in [3.63, 3.8) is 0 Å². The minimum absolute atomic E-state index is 0.0835. The molecule has 0 saturated carbocycles. The van der Waals surface area contributed by atoms with Crippen LogP contribution in [0.15, 0.2) is 54.7 Å². The summed E-state index contributed by atoms with van der Waals surface area (Å²) in [6.07, 6.45) is 4.96. The van der Waals surface area contributed by atoms with Gasteiger partial charge in [-0.3, -0.25) is 4.79 Å². The number of halogens is 2. The monoisotopic (exact) mass is 517 g/mol. The van der Waals surface area contributed by atoms with Crippen molar-refractivity contribution in [3.8, 4) is 0 Å². The van der Waals surface area contributed by atoms with Crippen LogP contribution < -0.4 is 5.32 Å². The Morgan fingerprint density at radius 1 is 1.17 bits per heavy atom. The second-order valence-electron chi connectivity index (χ2n) is 9.04. The SMILES string of the molecule is N=C/C=C\NC(=O)C1(c2cc(F)c(CN3CCC[C@H](c4ccccc4)S3(=O)=O)cc2F)CCOCC1. The Labute approximate surface area is 209 Å². The lowest BCUT2D eigenvalue weighted by molar-refractivity contribution is -0.129. The van der Waals surface area contributed by atoms with E-state index < -0.39 is 38.2 Å². The zero-order chi connectivity index (χ0) is 25.8. The van der Waals surface area contributed by atoms with Gasteiger partial charge in [-0.15, -0.1) is 0 Å². The lowest BCUT2D eigenvalue weighted by Crippen LogP contribution is -2.47. The molecule has 7 nitrogen and oxygen atoms in total. The molecule has 2 aromatic rings. The zero-order valence-electron chi connectivity index (χ0n) is 19.8. The first kappa shape index (κ1) is 26.1. The second-order valence-corrected chi connectivity index (χ2v) is 11.2. The molecule has 10 heteroatoms. The minimum Gasteiger partial charge on any atom is -0.381 e. The topological polar surface area (TPSA) is 99.6 Å². The number of carbonyl (C=O) groups excluding carboxylic acids is 1. The Morgan fingerprint density at radius 2 is 1.89 bits per heavy atom. The Balaban J connectivity index is 1.63. The largest absolute Gasteiger partial charge is 0.381 e. The number of rotatable bonds is 7. The summed E-state index contributed by atoms with van der Waals surface area (Å²) in [5.41, 5.74) is -0.839. The number of nitrogens with one attached hydrogen (secondary N) is 2. The van der Waals surface area contributed by atoms with Crippen LogP contribution >= 0.6 is 0 Å². The Kier molecular flexibility index (Phi) is 7.97. The molecule has 1 amide bonds. The van der Waals surface area contributed by atoms with Crippen molar-refractivity contribution < 1.29 is 26.7 Å². The van der Waals surface area contributed by atoms with Crippen LogP contribution in [0.3, 0.4) is 0 Å². The van der Waals surface area contributed by atoms with Crippen LogP contribution in [0.5, 0.6) is 0 Å². The van der Waals surface area contributed by atoms with Gasteiger partial charge < -0.3 is 15.5 Å². The molecule has 36 heavy (non-hydrogen) atoms. The number of amides is 1. The molecule has 2 fully saturated rings. The molecule has 0 radical (unpaired) electrons. The summed E-state index contributed by atoms with van der Waals surface area (Å²) in [5, 5.41) is 8.86. The molecular formula is C26H29F2N3O4S. The third kappa shape index (κ3) is 5.11. The van der Waals surface area contributed by atoms with Crippen molar-refractivity contribution in [2.75, 3.05) is 19.8 Å². The molecule has 192 valence electrons. The highest BCUT2D eigenvalue weighted by Crippen LogP contribution is 2.39. The molecular weight excluding hydrogens is 488 g/mol. The third-order valence-corrected chi connectivity index (χ3v) is 9.21. The van der Waals surface area contributed by atoms with Gasteiger partial charge in [0, 0.05) is 49.8 Å². The average Bonchev–Trinajstić information content (AvgIpc) is 2.88. The van der Waals surface area contributed by atoms with E-state index in [2.05, 4.69) is 5.32 Å². The van der Waals surface area contributed by atoms with E-state index in [9.17, 15) is 13.2 Å². The van der Waals surface area contributed by atoms with Crippen LogP contribution in [-0.4, -0.2) is 44.6 Å². The lowest BCUT2D eigenvalue weighted by atomic mass is 9.72. The molecule has 0 spiro atoms. The maximum absolute atomic E-state index is 15.5. The number of hydrogen-bond donors (Lipinski definition) is 2. The number of hydrogen-bond acceptors (Lipinski definition) is 5. The predicted octanol–water partition coefficient (Wildman–Crippen LogP) is 3.96. The van der Waals surface area contributed by atoms with Gasteiger partial charge >= 0.3 is 0 Å². The van der Waals surface area contributed by atoms with Crippen LogP contribution in [0, 0.1) is 17.0 Å². The fourth-order valence-electron chi connectivity index (χ4n) is 5.00. The minimum atomic E-state index is -3.78. The summed E-state index contributed by atoms with van der Waals surface area (Å²) in [5.74, 6) is -2.05. The molecule has 2 aromatic carbocycles. The Bertz CT molecular complexity index is 1250. The van der Waals surface area contributed by atoms with E-state index in [0.717, 1.165) is 18.3 Å². The van der Waals surface area contributed by atoms with Crippen molar-refractivity contribution >= 4 is 22.1 Å². The molecule has 2 aliphatic rings.